The van der Waals surface area contributed by atoms with E-state index >= 15 is 0 Å². The number of carbonyl (C=O) groups is 4. The van der Waals surface area contributed by atoms with E-state index in [4.69, 9.17) is 23.2 Å². The monoisotopic (exact) mass is 466 g/mol. The lowest BCUT2D eigenvalue weighted by molar-refractivity contribution is -0.123. The summed E-state index contributed by atoms with van der Waals surface area (Å²) in [6.45, 7) is 0. The van der Waals surface area contributed by atoms with Crippen molar-refractivity contribution >= 4 is 58.5 Å². The van der Waals surface area contributed by atoms with Crippen molar-refractivity contribution in [2.75, 3.05) is 10.6 Å². The summed E-state index contributed by atoms with van der Waals surface area (Å²) in [6, 6.07) is 11.7. The molecule has 6 N–H and O–H groups in total. The zero-order valence-electron chi connectivity index (χ0n) is 16.1. The molecule has 0 aliphatic heterocycles. The van der Waals surface area contributed by atoms with Crippen LogP contribution in [0, 0.1) is 0 Å². The number of nitrogens with one attached hydrogen (secondary N) is 6. The number of hydrogen-bond acceptors (Lipinski definition) is 4. The van der Waals surface area contributed by atoms with Gasteiger partial charge in [0.15, 0.2) is 0 Å². The van der Waals surface area contributed by atoms with Crippen molar-refractivity contribution in [2.24, 2.45) is 0 Å². The number of carbonyl (C=O) groups excluding carboxylic acids is 4. The molecule has 0 bridgehead atoms. The molecule has 2 aromatic rings. The molecule has 2 aromatic carbocycles. The fraction of sp³-hybridized carbons (Fsp3) is 0.158. The van der Waals surface area contributed by atoms with Crippen molar-refractivity contribution in [2.45, 2.75) is 19.3 Å². The number of hydrazine groups is 2. The molecule has 31 heavy (non-hydrogen) atoms. The van der Waals surface area contributed by atoms with Crippen molar-refractivity contribution in [3.63, 3.8) is 0 Å². The molecule has 0 spiro atoms. The third-order valence-corrected chi connectivity index (χ3v) is 4.07. The van der Waals surface area contributed by atoms with Crippen LogP contribution < -0.4 is 32.3 Å². The van der Waals surface area contributed by atoms with Gasteiger partial charge in [-0.15, -0.1) is 0 Å². The van der Waals surface area contributed by atoms with Gasteiger partial charge in [0.25, 0.3) is 0 Å². The van der Waals surface area contributed by atoms with Gasteiger partial charge in [0.2, 0.25) is 11.8 Å². The molecule has 164 valence electrons. The maximum absolute atomic E-state index is 11.7. The second-order valence-electron chi connectivity index (χ2n) is 6.13. The largest absolute Gasteiger partial charge is 0.337 e. The third-order valence-electron chi connectivity index (χ3n) is 3.60. The minimum atomic E-state index is -0.650. The summed E-state index contributed by atoms with van der Waals surface area (Å²) in [7, 11) is 0. The van der Waals surface area contributed by atoms with Crippen LogP contribution in [0.25, 0.3) is 0 Å². The first-order chi connectivity index (χ1) is 14.8. The number of urea groups is 2. The van der Waals surface area contributed by atoms with Crippen LogP contribution in [0.15, 0.2) is 48.5 Å². The first-order valence-electron chi connectivity index (χ1n) is 9.04. The molecule has 0 aromatic heterocycles. The zero-order valence-corrected chi connectivity index (χ0v) is 17.6. The smallest absolute Gasteiger partial charge is 0.307 e. The van der Waals surface area contributed by atoms with Gasteiger partial charge >= 0.3 is 12.1 Å². The van der Waals surface area contributed by atoms with Crippen LogP contribution in [0.4, 0.5) is 21.0 Å². The van der Waals surface area contributed by atoms with Crippen LogP contribution in [0.2, 0.25) is 10.0 Å². The minimum Gasteiger partial charge on any atom is -0.307 e. The molecule has 0 unspecified atom stereocenters. The second-order valence-corrected chi connectivity index (χ2v) is 7.00. The molecule has 0 aliphatic rings. The van der Waals surface area contributed by atoms with Gasteiger partial charge in [0.1, 0.15) is 0 Å². The maximum Gasteiger partial charge on any atom is 0.337 e. The first-order valence-corrected chi connectivity index (χ1v) is 9.80. The van der Waals surface area contributed by atoms with E-state index in [2.05, 4.69) is 32.3 Å². The van der Waals surface area contributed by atoms with E-state index in [-0.39, 0.29) is 19.3 Å². The molecule has 12 heteroatoms. The van der Waals surface area contributed by atoms with Gasteiger partial charge in [-0.25, -0.2) is 20.4 Å². The molecule has 0 saturated heterocycles. The van der Waals surface area contributed by atoms with Gasteiger partial charge in [0.05, 0.1) is 0 Å². The molecule has 0 atom stereocenters. The fourth-order valence-corrected chi connectivity index (χ4v) is 2.63. The summed E-state index contributed by atoms with van der Waals surface area (Å²) < 4.78 is 0. The van der Waals surface area contributed by atoms with Gasteiger partial charge < -0.3 is 10.6 Å². The summed E-state index contributed by atoms with van der Waals surface area (Å²) in [5, 5.41) is 5.90. The van der Waals surface area contributed by atoms with Gasteiger partial charge in [-0.3, -0.25) is 20.4 Å². The molecular formula is C19H20Cl2N6O4. The Hall–Kier alpha value is -3.50. The van der Waals surface area contributed by atoms with Crippen LogP contribution in [0.1, 0.15) is 19.3 Å². The lowest BCUT2D eigenvalue weighted by Crippen LogP contribution is -2.44. The van der Waals surface area contributed by atoms with Crippen LogP contribution in [0.5, 0.6) is 0 Å². The minimum absolute atomic E-state index is 0.0143. The number of amides is 6. The molecule has 10 nitrogen and oxygen atoms in total. The van der Waals surface area contributed by atoms with E-state index in [0.717, 1.165) is 0 Å². The molecular weight excluding hydrogens is 447 g/mol. The predicted molar refractivity (Wildman–Crippen MR) is 117 cm³/mol. The van der Waals surface area contributed by atoms with Gasteiger partial charge in [-0.2, -0.15) is 0 Å². The Morgan fingerprint density at radius 1 is 0.645 bits per heavy atom. The van der Waals surface area contributed by atoms with Crippen LogP contribution in [-0.2, 0) is 9.59 Å². The van der Waals surface area contributed by atoms with E-state index in [0.29, 0.717) is 21.4 Å². The lowest BCUT2D eigenvalue weighted by atomic mass is 10.2. The fourth-order valence-electron chi connectivity index (χ4n) is 2.24. The summed E-state index contributed by atoms with van der Waals surface area (Å²) >= 11 is 11.6. The zero-order chi connectivity index (χ0) is 22.6. The Labute approximate surface area is 188 Å². The Morgan fingerprint density at radius 3 is 1.45 bits per heavy atom. The van der Waals surface area contributed by atoms with Crippen molar-refractivity contribution in [1.29, 1.82) is 0 Å². The maximum atomic E-state index is 11.7. The molecule has 0 radical (unpaired) electrons. The second kappa shape index (κ2) is 12.3. The molecule has 2 rings (SSSR count). The summed E-state index contributed by atoms with van der Waals surface area (Å²) in [5.74, 6) is -0.971. The normalized spacial score (nSPS) is 9.87. The molecule has 0 saturated carbocycles. The highest BCUT2D eigenvalue weighted by atomic mass is 35.5. The predicted octanol–water partition coefficient (Wildman–Crippen LogP) is 3.17. The van der Waals surface area contributed by atoms with Crippen molar-refractivity contribution in [3.05, 3.63) is 58.6 Å². The quantitative estimate of drug-likeness (QED) is 0.363. The number of hydrogen-bond donors (Lipinski definition) is 6. The van der Waals surface area contributed by atoms with Crippen molar-refractivity contribution in [1.82, 2.24) is 21.7 Å². The number of halogens is 2. The summed E-state index contributed by atoms with van der Waals surface area (Å²) in [6.07, 6.45) is 0.173. The average molecular weight is 467 g/mol. The summed E-state index contributed by atoms with van der Waals surface area (Å²) in [5.41, 5.74) is 9.73. The van der Waals surface area contributed by atoms with E-state index in [1.54, 1.807) is 48.5 Å². The Bertz CT molecular complexity index is 881. The van der Waals surface area contributed by atoms with Crippen LogP contribution in [-0.4, -0.2) is 23.9 Å². The van der Waals surface area contributed by atoms with Crippen molar-refractivity contribution < 1.29 is 19.2 Å². The average Bonchev–Trinajstić information content (AvgIpc) is 2.71. The van der Waals surface area contributed by atoms with E-state index in [9.17, 15) is 19.2 Å². The Kier molecular flexibility index (Phi) is 9.40. The highest BCUT2D eigenvalue weighted by Crippen LogP contribution is 2.15. The third kappa shape index (κ3) is 9.70. The SMILES string of the molecule is O=C(CCCC(=O)NNC(=O)Nc1cccc(Cl)c1)NNC(=O)Nc1cccc(Cl)c1. The van der Waals surface area contributed by atoms with Gasteiger partial charge in [0, 0.05) is 34.3 Å². The number of rotatable bonds is 6. The Balaban J connectivity index is 1.57. The van der Waals surface area contributed by atoms with E-state index < -0.39 is 23.9 Å². The Morgan fingerprint density at radius 2 is 1.06 bits per heavy atom. The van der Waals surface area contributed by atoms with Crippen LogP contribution >= 0.6 is 23.2 Å². The highest BCUT2D eigenvalue weighted by molar-refractivity contribution is 6.31. The van der Waals surface area contributed by atoms with E-state index in [1.807, 2.05) is 0 Å². The van der Waals surface area contributed by atoms with Gasteiger partial charge in [-0.05, 0) is 42.8 Å². The highest BCUT2D eigenvalue weighted by Gasteiger charge is 2.08. The molecule has 0 fully saturated rings. The van der Waals surface area contributed by atoms with E-state index in [1.165, 1.54) is 0 Å². The molecule has 6 amide bonds. The molecule has 0 heterocycles. The lowest BCUT2D eigenvalue weighted by Gasteiger charge is -2.10. The summed E-state index contributed by atoms with van der Waals surface area (Å²) in [4.78, 5) is 46.9. The number of benzene rings is 2. The number of anilines is 2. The van der Waals surface area contributed by atoms with Crippen molar-refractivity contribution in [3.8, 4) is 0 Å². The standard InChI is InChI=1S/C19H20Cl2N6O4/c20-12-4-1-6-14(10-12)22-18(30)26-24-16(28)8-3-9-17(29)25-27-19(31)23-15-7-2-5-13(21)11-15/h1-2,4-7,10-11H,3,8-9H2,(H,24,28)(H,25,29)(H2,22,26,30)(H2,23,27,31). The van der Waals surface area contributed by atoms with Crippen LogP contribution in [0.3, 0.4) is 0 Å². The molecule has 0 aliphatic carbocycles. The topological polar surface area (TPSA) is 140 Å². The first kappa shape index (κ1) is 23.8. The van der Waals surface area contributed by atoms with Gasteiger partial charge in [-0.1, -0.05) is 35.3 Å².